The van der Waals surface area contributed by atoms with E-state index in [0.717, 1.165) is 34.3 Å². The largest absolute Gasteiger partial charge is 0.360 e. The predicted molar refractivity (Wildman–Crippen MR) is 114 cm³/mol. The number of rotatable bonds is 4. The smallest absolute Gasteiger partial charge is 0.262 e. The Labute approximate surface area is 168 Å². The van der Waals surface area contributed by atoms with Crippen LogP contribution in [0, 0.1) is 0 Å². The van der Waals surface area contributed by atoms with Gasteiger partial charge in [0, 0.05) is 15.8 Å². The summed E-state index contributed by atoms with van der Waals surface area (Å²) in [5, 5.41) is 3.54. The van der Waals surface area contributed by atoms with E-state index < -0.39 is 0 Å². The van der Waals surface area contributed by atoms with Gasteiger partial charge in [0.1, 0.15) is 6.17 Å². The van der Waals surface area contributed by atoms with Crippen molar-refractivity contribution >= 4 is 33.2 Å². The van der Waals surface area contributed by atoms with E-state index in [0.29, 0.717) is 5.56 Å². The lowest BCUT2D eigenvalue weighted by atomic mass is 10.0. The molecule has 1 amide bonds. The summed E-state index contributed by atoms with van der Waals surface area (Å²) in [5.74, 6) is 0.0116. The number of benzene rings is 3. The molecule has 1 unspecified atom stereocenters. The van der Waals surface area contributed by atoms with Crippen LogP contribution in [0.25, 0.3) is 0 Å². The molecule has 3 aromatic carbocycles. The fraction of sp³-hybridized carbons (Fsp3) is 0.174. The highest BCUT2D eigenvalue weighted by Gasteiger charge is 2.33. The molecule has 0 fully saturated rings. The summed E-state index contributed by atoms with van der Waals surface area (Å²) in [6, 6.07) is 24.1. The second-order valence-electron chi connectivity index (χ2n) is 6.74. The van der Waals surface area contributed by atoms with Crippen molar-refractivity contribution in [3.63, 3.8) is 0 Å². The van der Waals surface area contributed by atoms with Crippen LogP contribution in [-0.2, 0) is 6.42 Å². The number of nitrogens with one attached hydrogen (secondary N) is 1. The molecule has 3 nitrogen and oxygen atoms in total. The number of fused-ring (bicyclic) bond motifs is 1. The van der Waals surface area contributed by atoms with Crippen LogP contribution in [0.15, 0.2) is 77.3 Å². The number of carbonyl (C=O) groups excluding carboxylic acids is 1. The van der Waals surface area contributed by atoms with Gasteiger partial charge >= 0.3 is 0 Å². The molecule has 4 heteroatoms. The zero-order valence-corrected chi connectivity index (χ0v) is 16.7. The fourth-order valence-electron chi connectivity index (χ4n) is 3.54. The Hall–Kier alpha value is -2.59. The summed E-state index contributed by atoms with van der Waals surface area (Å²) in [7, 11) is 0. The van der Waals surface area contributed by atoms with Crippen molar-refractivity contribution in [3.05, 3.63) is 94.0 Å². The van der Waals surface area contributed by atoms with Crippen molar-refractivity contribution < 1.29 is 4.79 Å². The van der Waals surface area contributed by atoms with Crippen molar-refractivity contribution in [1.82, 2.24) is 0 Å². The summed E-state index contributed by atoms with van der Waals surface area (Å²) in [4.78, 5) is 15.2. The maximum Gasteiger partial charge on any atom is 0.262 e. The summed E-state index contributed by atoms with van der Waals surface area (Å²) < 4.78 is 0.992. The molecular weight excluding hydrogens is 400 g/mol. The van der Waals surface area contributed by atoms with Crippen molar-refractivity contribution in [2.24, 2.45) is 0 Å². The van der Waals surface area contributed by atoms with Gasteiger partial charge in [-0.25, -0.2) is 0 Å². The third-order valence-electron chi connectivity index (χ3n) is 4.84. The van der Waals surface area contributed by atoms with Gasteiger partial charge in [-0.05, 0) is 53.9 Å². The van der Waals surface area contributed by atoms with Gasteiger partial charge in [-0.15, -0.1) is 0 Å². The highest BCUT2D eigenvalue weighted by molar-refractivity contribution is 9.10. The van der Waals surface area contributed by atoms with E-state index in [2.05, 4.69) is 46.4 Å². The van der Waals surface area contributed by atoms with Gasteiger partial charge in [-0.3, -0.25) is 9.69 Å². The Morgan fingerprint density at radius 3 is 2.52 bits per heavy atom. The Kier molecular flexibility index (Phi) is 4.99. The summed E-state index contributed by atoms with van der Waals surface area (Å²) >= 11 is 3.55. The van der Waals surface area contributed by atoms with Crippen LogP contribution in [0.3, 0.4) is 0 Å². The van der Waals surface area contributed by atoms with E-state index in [1.807, 2.05) is 59.5 Å². The third-order valence-corrected chi connectivity index (χ3v) is 5.34. The molecule has 27 heavy (non-hydrogen) atoms. The van der Waals surface area contributed by atoms with Crippen molar-refractivity contribution in [3.8, 4) is 0 Å². The molecule has 1 aliphatic rings. The third kappa shape index (κ3) is 3.50. The zero-order chi connectivity index (χ0) is 18.8. The summed E-state index contributed by atoms with van der Waals surface area (Å²) in [6.45, 7) is 2.17. The average Bonchev–Trinajstić information content (AvgIpc) is 2.69. The highest BCUT2D eigenvalue weighted by atomic mass is 79.9. The quantitative estimate of drug-likeness (QED) is 0.546. The summed E-state index contributed by atoms with van der Waals surface area (Å²) in [6.07, 6.45) is 1.89. The number of carbonyl (C=O) groups is 1. The molecular formula is C23H21BrN2O. The van der Waals surface area contributed by atoms with Crippen LogP contribution < -0.4 is 10.2 Å². The van der Waals surface area contributed by atoms with E-state index in [1.54, 1.807) is 0 Å². The standard InChI is InChI=1S/C23H21BrN2O/c1-2-6-16-11-13-19(14-12-16)26-22(17-7-5-8-18(24)15-17)25-21-10-4-3-9-20(21)23(26)27/h3-5,7-15,22,25H,2,6H2,1H3. The predicted octanol–water partition coefficient (Wildman–Crippen LogP) is 6.17. The SMILES string of the molecule is CCCc1ccc(N2C(=O)c3ccccc3NC2c2cccc(Br)c2)cc1. The van der Waals surface area contributed by atoms with Crippen molar-refractivity contribution in [2.75, 3.05) is 10.2 Å². The van der Waals surface area contributed by atoms with E-state index >= 15 is 0 Å². The molecule has 1 atom stereocenters. The van der Waals surface area contributed by atoms with Crippen LogP contribution in [0.5, 0.6) is 0 Å². The lowest BCUT2D eigenvalue weighted by Crippen LogP contribution is -2.43. The molecule has 1 N–H and O–H groups in total. The normalized spacial score (nSPS) is 16.0. The zero-order valence-electron chi connectivity index (χ0n) is 15.2. The molecule has 0 saturated carbocycles. The first kappa shape index (κ1) is 17.8. The van der Waals surface area contributed by atoms with Crippen LogP contribution in [-0.4, -0.2) is 5.91 Å². The Bertz CT molecular complexity index is 968. The maximum atomic E-state index is 13.4. The first-order chi connectivity index (χ1) is 13.2. The number of amides is 1. The van der Waals surface area contributed by atoms with Gasteiger partial charge in [0.25, 0.3) is 5.91 Å². The molecule has 0 radical (unpaired) electrons. The van der Waals surface area contributed by atoms with Crippen LogP contribution in [0.2, 0.25) is 0 Å². The van der Waals surface area contributed by atoms with Gasteiger partial charge in [0.2, 0.25) is 0 Å². The summed E-state index contributed by atoms with van der Waals surface area (Å²) in [5.41, 5.74) is 4.78. The molecule has 1 heterocycles. The minimum absolute atomic E-state index is 0.0116. The average molecular weight is 421 g/mol. The van der Waals surface area contributed by atoms with Gasteiger partial charge in [0.15, 0.2) is 0 Å². The number of aryl methyl sites for hydroxylation is 1. The molecule has 0 bridgehead atoms. The Balaban J connectivity index is 1.80. The van der Waals surface area contributed by atoms with Crippen LogP contribution in [0.4, 0.5) is 11.4 Å². The Morgan fingerprint density at radius 1 is 1.00 bits per heavy atom. The number of para-hydroxylation sites is 1. The fourth-order valence-corrected chi connectivity index (χ4v) is 3.96. The maximum absolute atomic E-state index is 13.4. The van der Waals surface area contributed by atoms with Gasteiger partial charge in [0.05, 0.1) is 5.56 Å². The van der Waals surface area contributed by atoms with Crippen molar-refractivity contribution in [2.45, 2.75) is 25.9 Å². The molecule has 0 aromatic heterocycles. The topological polar surface area (TPSA) is 32.3 Å². The monoisotopic (exact) mass is 420 g/mol. The van der Waals surface area contributed by atoms with Gasteiger partial charge < -0.3 is 5.32 Å². The number of hydrogen-bond acceptors (Lipinski definition) is 2. The van der Waals surface area contributed by atoms with E-state index in [-0.39, 0.29) is 12.1 Å². The molecule has 4 rings (SSSR count). The van der Waals surface area contributed by atoms with E-state index in [1.165, 1.54) is 5.56 Å². The number of anilines is 2. The van der Waals surface area contributed by atoms with Crippen LogP contribution in [0.1, 0.15) is 41.0 Å². The molecule has 136 valence electrons. The van der Waals surface area contributed by atoms with Gasteiger partial charge in [-0.2, -0.15) is 0 Å². The number of nitrogens with zero attached hydrogens (tertiary/aromatic N) is 1. The first-order valence-corrected chi connectivity index (χ1v) is 10.00. The molecule has 0 spiro atoms. The minimum atomic E-state index is -0.262. The first-order valence-electron chi connectivity index (χ1n) is 9.21. The lowest BCUT2D eigenvalue weighted by molar-refractivity contribution is 0.0975. The van der Waals surface area contributed by atoms with Gasteiger partial charge in [-0.1, -0.05) is 65.7 Å². The second kappa shape index (κ2) is 7.57. The minimum Gasteiger partial charge on any atom is -0.360 e. The van der Waals surface area contributed by atoms with E-state index in [4.69, 9.17) is 0 Å². The van der Waals surface area contributed by atoms with Crippen LogP contribution >= 0.6 is 15.9 Å². The van der Waals surface area contributed by atoms with E-state index in [9.17, 15) is 4.79 Å². The molecule has 0 saturated heterocycles. The number of hydrogen-bond donors (Lipinski definition) is 1. The molecule has 1 aliphatic heterocycles. The highest BCUT2D eigenvalue weighted by Crippen LogP contribution is 2.37. The Morgan fingerprint density at radius 2 is 1.78 bits per heavy atom. The second-order valence-corrected chi connectivity index (χ2v) is 7.65. The van der Waals surface area contributed by atoms with Crippen molar-refractivity contribution in [1.29, 1.82) is 0 Å². The molecule has 0 aliphatic carbocycles. The lowest BCUT2D eigenvalue weighted by Gasteiger charge is -2.38. The number of halogens is 1. The molecule has 3 aromatic rings.